The fourth-order valence-corrected chi connectivity index (χ4v) is 7.21. The molecule has 0 fully saturated rings. The summed E-state index contributed by atoms with van der Waals surface area (Å²) in [4.78, 5) is 15.4. The van der Waals surface area contributed by atoms with Crippen LogP contribution in [0.25, 0.3) is 11.0 Å². The zero-order valence-electron chi connectivity index (χ0n) is 23.7. The Hall–Kier alpha value is -3.44. The van der Waals surface area contributed by atoms with Gasteiger partial charge in [-0.1, -0.05) is 41.6 Å². The van der Waals surface area contributed by atoms with Gasteiger partial charge in [-0.2, -0.15) is 4.31 Å². The van der Waals surface area contributed by atoms with Gasteiger partial charge in [0.15, 0.2) is 0 Å². The molecule has 2 N–H and O–H groups in total. The second kappa shape index (κ2) is 11.2. The molecule has 0 radical (unpaired) electrons. The van der Waals surface area contributed by atoms with E-state index in [2.05, 4.69) is 21.3 Å². The third-order valence-electron chi connectivity index (χ3n) is 7.87. The van der Waals surface area contributed by atoms with Gasteiger partial charge >= 0.3 is 5.97 Å². The number of carbonyl (C=O) groups excluding carboxylic acids is 1. The van der Waals surface area contributed by atoms with Crippen molar-refractivity contribution < 1.29 is 18.6 Å². The minimum absolute atomic E-state index is 0.181. The van der Waals surface area contributed by atoms with Gasteiger partial charge in [0.25, 0.3) is 0 Å². The normalized spacial score (nSPS) is 16.8. The number of hydrogen-bond acceptors (Lipinski definition) is 8. The molecular formula is C30H37N5O4S. The molecule has 40 heavy (non-hydrogen) atoms. The number of aromatic nitrogens is 3. The summed E-state index contributed by atoms with van der Waals surface area (Å²) >= 11 is 0. The molecule has 0 spiro atoms. The van der Waals surface area contributed by atoms with Crippen LogP contribution in [0.5, 0.6) is 0 Å². The van der Waals surface area contributed by atoms with Crippen LogP contribution in [0.4, 0.5) is 5.69 Å². The Bertz CT molecular complexity index is 1550. The minimum Gasteiger partial charge on any atom is -0.466 e. The summed E-state index contributed by atoms with van der Waals surface area (Å²) in [7, 11) is 0.626. The molecule has 212 valence electrons. The largest absolute Gasteiger partial charge is 0.466 e. The number of para-hydroxylation sites is 1. The lowest BCUT2D eigenvalue weighted by Gasteiger charge is -2.42. The van der Waals surface area contributed by atoms with E-state index in [1.54, 1.807) is 15.1 Å². The van der Waals surface area contributed by atoms with E-state index in [0.29, 0.717) is 31.1 Å². The summed E-state index contributed by atoms with van der Waals surface area (Å²) in [5, 5.41) is 8.54. The fourth-order valence-electron chi connectivity index (χ4n) is 5.51. The molecule has 0 bridgehead atoms. The zero-order valence-corrected chi connectivity index (χ0v) is 24.5. The average Bonchev–Trinajstić information content (AvgIpc) is 3.28. The highest BCUT2D eigenvalue weighted by Crippen LogP contribution is 2.56. The van der Waals surface area contributed by atoms with Crippen molar-refractivity contribution in [2.24, 2.45) is 7.05 Å². The van der Waals surface area contributed by atoms with E-state index in [1.807, 2.05) is 77.3 Å². The Kier molecular flexibility index (Phi) is 7.87. The standard InChI is InChI=1S/C30H37N5O4S/c1-6-39-29(36)18-25(24-13-14-27-30(21(24)3)31-32-34(27)5)22-12-11-20(2)23(17-22)19-35-16-15-33(4)26-9-7-8-10-28(26)40(35,37)38/h7-14,17,25,37-38H,6,15-16,18-19H2,1-5H3. The summed E-state index contributed by atoms with van der Waals surface area (Å²) in [5.74, 6) is -0.532. The van der Waals surface area contributed by atoms with E-state index in [0.717, 1.165) is 44.5 Å². The van der Waals surface area contributed by atoms with Crippen molar-refractivity contribution in [3.8, 4) is 0 Å². The number of ether oxygens (including phenoxy) is 1. The summed E-state index contributed by atoms with van der Waals surface area (Å²) < 4.78 is 31.8. The molecule has 1 unspecified atom stereocenters. The second-order valence-electron chi connectivity index (χ2n) is 10.4. The molecule has 1 aliphatic rings. The summed E-state index contributed by atoms with van der Waals surface area (Å²) in [6.07, 6.45) is 0.181. The number of esters is 1. The molecule has 0 saturated heterocycles. The number of benzene rings is 3. The van der Waals surface area contributed by atoms with Crippen LogP contribution in [0, 0.1) is 13.8 Å². The van der Waals surface area contributed by atoms with Crippen LogP contribution in [0.1, 0.15) is 47.1 Å². The smallest absolute Gasteiger partial charge is 0.306 e. The maximum atomic E-state index is 12.8. The van der Waals surface area contributed by atoms with Crippen molar-refractivity contribution in [1.82, 2.24) is 19.3 Å². The maximum absolute atomic E-state index is 12.8. The van der Waals surface area contributed by atoms with Gasteiger partial charge in [0.1, 0.15) is 5.52 Å². The van der Waals surface area contributed by atoms with Gasteiger partial charge in [0.2, 0.25) is 0 Å². The fraction of sp³-hybridized carbons (Fsp3) is 0.367. The summed E-state index contributed by atoms with van der Waals surface area (Å²) in [5.41, 5.74) is 7.52. The van der Waals surface area contributed by atoms with Crippen molar-refractivity contribution >= 4 is 33.5 Å². The third-order valence-corrected chi connectivity index (χ3v) is 9.84. The Labute approximate surface area is 236 Å². The highest BCUT2D eigenvalue weighted by atomic mass is 32.3. The molecule has 10 heteroatoms. The molecule has 0 saturated carbocycles. The van der Waals surface area contributed by atoms with Gasteiger partial charge in [-0.3, -0.25) is 13.9 Å². The van der Waals surface area contributed by atoms with Gasteiger partial charge in [-0.15, -0.1) is 15.9 Å². The first-order valence-electron chi connectivity index (χ1n) is 13.5. The van der Waals surface area contributed by atoms with Gasteiger partial charge in [-0.25, -0.2) is 4.68 Å². The molecule has 5 rings (SSSR count). The summed E-state index contributed by atoms with van der Waals surface area (Å²) in [6.45, 7) is 7.68. The molecular weight excluding hydrogens is 526 g/mol. The van der Waals surface area contributed by atoms with Gasteiger partial charge in [0.05, 0.1) is 29.1 Å². The number of likely N-dealkylation sites (N-methyl/N-ethyl adjacent to an activating group) is 1. The number of rotatable bonds is 7. The predicted octanol–water partition coefficient (Wildman–Crippen LogP) is 5.65. The van der Waals surface area contributed by atoms with Crippen LogP contribution in [0.2, 0.25) is 0 Å². The Morgan fingerprint density at radius 3 is 2.62 bits per heavy atom. The Balaban J connectivity index is 1.54. The van der Waals surface area contributed by atoms with Crippen LogP contribution in [0.3, 0.4) is 0 Å². The number of fused-ring (bicyclic) bond motifs is 2. The van der Waals surface area contributed by atoms with Crippen LogP contribution in [-0.2, 0) is 23.1 Å². The highest BCUT2D eigenvalue weighted by Gasteiger charge is 2.32. The number of hydrogen-bond donors (Lipinski definition) is 2. The SMILES string of the molecule is CCOC(=O)CC(c1ccc(C)c(CN2CCN(C)c3ccccc3S2(O)O)c1)c1ccc2c(nnn2C)c1C. The van der Waals surface area contributed by atoms with Crippen molar-refractivity contribution in [3.63, 3.8) is 0 Å². The van der Waals surface area contributed by atoms with Crippen LogP contribution in [-0.4, -0.2) is 61.1 Å². The number of aryl methyl sites for hydroxylation is 3. The molecule has 1 aliphatic heterocycles. The Morgan fingerprint density at radius 1 is 1.07 bits per heavy atom. The molecule has 1 atom stereocenters. The maximum Gasteiger partial charge on any atom is 0.306 e. The zero-order chi connectivity index (χ0) is 28.6. The third kappa shape index (κ3) is 5.19. The minimum atomic E-state index is -3.21. The molecule has 0 amide bonds. The van der Waals surface area contributed by atoms with Gasteiger partial charge < -0.3 is 9.64 Å². The summed E-state index contributed by atoms with van der Waals surface area (Å²) in [6, 6.07) is 17.7. The van der Waals surface area contributed by atoms with E-state index >= 15 is 0 Å². The molecule has 0 aliphatic carbocycles. The van der Waals surface area contributed by atoms with Crippen LogP contribution in [0.15, 0.2) is 59.5 Å². The van der Waals surface area contributed by atoms with E-state index in [4.69, 9.17) is 4.74 Å². The van der Waals surface area contributed by atoms with Crippen molar-refractivity contribution in [2.45, 2.75) is 44.6 Å². The van der Waals surface area contributed by atoms with Gasteiger partial charge in [-0.05, 0) is 66.8 Å². The first-order chi connectivity index (χ1) is 19.1. The van der Waals surface area contributed by atoms with Crippen molar-refractivity contribution in [2.75, 3.05) is 31.6 Å². The number of nitrogens with zero attached hydrogens (tertiary/aromatic N) is 5. The second-order valence-corrected chi connectivity index (χ2v) is 12.4. The lowest BCUT2D eigenvalue weighted by atomic mass is 9.84. The molecule has 2 heterocycles. The van der Waals surface area contributed by atoms with E-state index in [1.165, 1.54) is 0 Å². The van der Waals surface area contributed by atoms with Crippen LogP contribution < -0.4 is 4.90 Å². The lowest BCUT2D eigenvalue weighted by molar-refractivity contribution is -0.143. The topological polar surface area (TPSA) is 104 Å². The lowest BCUT2D eigenvalue weighted by Crippen LogP contribution is -2.31. The Morgan fingerprint density at radius 2 is 1.85 bits per heavy atom. The predicted molar refractivity (Wildman–Crippen MR) is 159 cm³/mol. The number of carbonyl (C=O) groups is 1. The molecule has 9 nitrogen and oxygen atoms in total. The van der Waals surface area contributed by atoms with E-state index in [-0.39, 0.29) is 18.3 Å². The first-order valence-corrected chi connectivity index (χ1v) is 15.0. The van der Waals surface area contributed by atoms with Crippen molar-refractivity contribution in [3.05, 3.63) is 82.4 Å². The van der Waals surface area contributed by atoms with Crippen LogP contribution >= 0.6 is 10.8 Å². The quantitative estimate of drug-likeness (QED) is 0.278. The van der Waals surface area contributed by atoms with Crippen molar-refractivity contribution in [1.29, 1.82) is 0 Å². The monoisotopic (exact) mass is 563 g/mol. The van der Waals surface area contributed by atoms with Gasteiger partial charge in [0, 0.05) is 39.6 Å². The molecule has 4 aromatic rings. The van der Waals surface area contributed by atoms with E-state index in [9.17, 15) is 13.9 Å². The first kappa shape index (κ1) is 28.1. The highest BCUT2D eigenvalue weighted by molar-refractivity contribution is 8.22. The van der Waals surface area contributed by atoms with E-state index < -0.39 is 10.8 Å². The molecule has 1 aromatic heterocycles. The number of anilines is 1. The molecule has 3 aromatic carbocycles. The average molecular weight is 564 g/mol.